The molecule has 16 heteroatoms. The number of carbonyl (C=O) groups is 1. The van der Waals surface area contributed by atoms with Crippen LogP contribution in [0, 0.1) is 23.3 Å². The molecular formula is C40H34F4N6O5S. The molecule has 2 aromatic heterocycles. The summed E-state index contributed by atoms with van der Waals surface area (Å²) in [6.45, 7) is 0.613. The predicted octanol–water partition coefficient (Wildman–Crippen LogP) is 5.80. The number of fused-ring (bicyclic) bond motifs is 1. The van der Waals surface area contributed by atoms with Gasteiger partial charge in [0.2, 0.25) is 15.9 Å². The second-order valence-corrected chi connectivity index (χ2v) is 15.7. The van der Waals surface area contributed by atoms with Crippen molar-refractivity contribution in [3.63, 3.8) is 0 Å². The van der Waals surface area contributed by atoms with Crippen LogP contribution in [0.5, 0.6) is 0 Å². The maximum Gasteiger partial charge on any atom is 0.266 e. The fourth-order valence-corrected chi connectivity index (χ4v) is 8.31. The number of morpholine rings is 1. The van der Waals surface area contributed by atoms with Crippen LogP contribution in [0.2, 0.25) is 0 Å². The van der Waals surface area contributed by atoms with Gasteiger partial charge in [-0.3, -0.25) is 18.8 Å². The van der Waals surface area contributed by atoms with Gasteiger partial charge in [-0.25, -0.2) is 31.0 Å². The van der Waals surface area contributed by atoms with Gasteiger partial charge in [0.1, 0.15) is 24.0 Å². The summed E-state index contributed by atoms with van der Waals surface area (Å²) in [5.41, 5.74) is 0.699. The first-order chi connectivity index (χ1) is 26.9. The number of amides is 1. The standard InChI is InChI=1S/C40H34F4N6O5S/c41-27-18-24(19-28(42)22-27)20-36(45-37(51)23-48-13-12-34(47-48)25-4-5-25)39-46-35-21-26(31-2-1-3-33(43)38(31)44)6-11-32(35)40(52)50(39)29-7-9-30(10-8-29)56(53,54)49-14-16-55-17-15-49/h1-3,6-13,18-19,21-22,25,36H,4-5,14-17,20,23H2,(H,45,51). The van der Waals surface area contributed by atoms with Crippen LogP contribution >= 0.6 is 0 Å². The number of hydrogen-bond acceptors (Lipinski definition) is 7. The van der Waals surface area contributed by atoms with Gasteiger partial charge < -0.3 is 10.1 Å². The number of ether oxygens (including phenoxy) is 1. The Morgan fingerprint density at radius 3 is 2.36 bits per heavy atom. The van der Waals surface area contributed by atoms with E-state index >= 15 is 0 Å². The highest BCUT2D eigenvalue weighted by Gasteiger charge is 2.29. The quantitative estimate of drug-likeness (QED) is 0.165. The first-order valence-corrected chi connectivity index (χ1v) is 19.4. The number of nitrogens with zero attached hydrogens (tertiary/aromatic N) is 5. The number of nitrogens with one attached hydrogen (secondary N) is 1. The van der Waals surface area contributed by atoms with Crippen LogP contribution in [0.15, 0.2) is 101 Å². The summed E-state index contributed by atoms with van der Waals surface area (Å²) >= 11 is 0. The van der Waals surface area contributed by atoms with Gasteiger partial charge in [0.15, 0.2) is 11.6 Å². The van der Waals surface area contributed by atoms with Crippen LogP contribution in [0.3, 0.4) is 0 Å². The predicted molar refractivity (Wildman–Crippen MR) is 197 cm³/mol. The zero-order valence-electron chi connectivity index (χ0n) is 29.7. The lowest BCUT2D eigenvalue weighted by molar-refractivity contribution is -0.122. The molecule has 1 N–H and O–H groups in total. The molecule has 0 bridgehead atoms. The molecule has 1 saturated heterocycles. The van der Waals surface area contributed by atoms with Crippen LogP contribution < -0.4 is 10.9 Å². The molecule has 11 nitrogen and oxygen atoms in total. The van der Waals surface area contributed by atoms with Crippen molar-refractivity contribution >= 4 is 26.8 Å². The Labute approximate surface area is 318 Å². The first kappa shape index (κ1) is 37.2. The molecule has 288 valence electrons. The van der Waals surface area contributed by atoms with Crippen LogP contribution in [-0.2, 0) is 32.5 Å². The summed E-state index contributed by atoms with van der Waals surface area (Å²) in [4.78, 5) is 33.1. The number of carbonyl (C=O) groups excluding carboxylic acids is 1. The molecule has 2 aliphatic rings. The Kier molecular flexibility index (Phi) is 10.0. The summed E-state index contributed by atoms with van der Waals surface area (Å²) in [5.74, 6) is -4.20. The highest BCUT2D eigenvalue weighted by Crippen LogP contribution is 2.38. The maximum atomic E-state index is 14.9. The topological polar surface area (TPSA) is 128 Å². The fourth-order valence-electron chi connectivity index (χ4n) is 6.90. The van der Waals surface area contributed by atoms with Crippen molar-refractivity contribution < 1.29 is 35.5 Å². The second kappa shape index (κ2) is 15.1. The van der Waals surface area contributed by atoms with Crippen molar-refractivity contribution in [1.29, 1.82) is 0 Å². The average Bonchev–Trinajstić information content (AvgIpc) is 3.93. The van der Waals surface area contributed by atoms with Crippen molar-refractivity contribution in [2.24, 2.45) is 0 Å². The molecule has 0 spiro atoms. The van der Waals surface area contributed by atoms with Crippen LogP contribution in [0.4, 0.5) is 17.6 Å². The van der Waals surface area contributed by atoms with Gasteiger partial charge in [-0.2, -0.15) is 9.40 Å². The Bertz CT molecular complexity index is 2620. The number of benzene rings is 4. The van der Waals surface area contributed by atoms with Crippen molar-refractivity contribution in [1.82, 2.24) is 29.0 Å². The van der Waals surface area contributed by atoms with Gasteiger partial charge >= 0.3 is 0 Å². The zero-order chi connectivity index (χ0) is 39.1. The van der Waals surface area contributed by atoms with Gasteiger partial charge in [-0.05, 0) is 84.6 Å². The first-order valence-electron chi connectivity index (χ1n) is 17.9. The molecule has 8 rings (SSSR count). The summed E-state index contributed by atoms with van der Waals surface area (Å²) in [5, 5.41) is 7.44. The highest BCUT2D eigenvalue weighted by atomic mass is 32.2. The van der Waals surface area contributed by atoms with E-state index in [-0.39, 0.29) is 83.3 Å². The number of hydrogen-bond donors (Lipinski definition) is 1. The lowest BCUT2D eigenvalue weighted by Crippen LogP contribution is -2.40. The molecule has 6 aromatic rings. The van der Waals surface area contributed by atoms with E-state index in [1.54, 1.807) is 6.20 Å². The molecule has 1 amide bonds. The van der Waals surface area contributed by atoms with Crippen LogP contribution in [-0.4, -0.2) is 64.3 Å². The molecule has 56 heavy (non-hydrogen) atoms. The molecule has 1 atom stereocenters. The Hall–Kier alpha value is -5.71. The average molecular weight is 787 g/mol. The summed E-state index contributed by atoms with van der Waals surface area (Å²) in [7, 11) is -3.91. The number of sulfonamides is 1. The lowest BCUT2D eigenvalue weighted by Gasteiger charge is -2.26. The van der Waals surface area contributed by atoms with Gasteiger partial charge in [0, 0.05) is 43.3 Å². The Morgan fingerprint density at radius 1 is 0.911 bits per heavy atom. The minimum atomic E-state index is -3.91. The van der Waals surface area contributed by atoms with E-state index < -0.39 is 50.8 Å². The molecule has 1 unspecified atom stereocenters. The largest absolute Gasteiger partial charge is 0.379 e. The van der Waals surface area contributed by atoms with Gasteiger partial charge in [0.25, 0.3) is 5.56 Å². The van der Waals surface area contributed by atoms with E-state index in [2.05, 4.69) is 10.4 Å². The van der Waals surface area contributed by atoms with E-state index in [9.17, 15) is 35.6 Å². The molecular weight excluding hydrogens is 753 g/mol. The fraction of sp³-hybridized carbons (Fsp3) is 0.250. The van der Waals surface area contributed by atoms with Gasteiger partial charge in [0.05, 0.1) is 46.4 Å². The van der Waals surface area contributed by atoms with Gasteiger partial charge in [-0.15, -0.1) is 0 Å². The van der Waals surface area contributed by atoms with Crippen LogP contribution in [0.25, 0.3) is 27.7 Å². The third kappa shape index (κ3) is 7.59. The lowest BCUT2D eigenvalue weighted by atomic mass is 10.0. The number of halogens is 4. The molecule has 2 fully saturated rings. The molecule has 1 aliphatic heterocycles. The molecule has 1 saturated carbocycles. The van der Waals surface area contributed by atoms with E-state index in [0.29, 0.717) is 12.0 Å². The van der Waals surface area contributed by atoms with Gasteiger partial charge in [-0.1, -0.05) is 18.2 Å². The third-order valence-corrected chi connectivity index (χ3v) is 11.7. The number of rotatable bonds is 11. The van der Waals surface area contributed by atoms with Crippen molar-refractivity contribution in [2.75, 3.05) is 26.3 Å². The molecule has 4 aromatic carbocycles. The van der Waals surface area contributed by atoms with Crippen molar-refractivity contribution in [3.8, 4) is 16.8 Å². The van der Waals surface area contributed by atoms with Crippen molar-refractivity contribution in [2.45, 2.75) is 42.7 Å². The third-order valence-electron chi connectivity index (χ3n) is 9.83. The highest BCUT2D eigenvalue weighted by molar-refractivity contribution is 7.89. The second-order valence-electron chi connectivity index (χ2n) is 13.8. The normalized spacial score (nSPS) is 15.6. The SMILES string of the molecule is O=C(Cn1ccc(C2CC2)n1)NC(Cc1cc(F)cc(F)c1)c1nc2cc(-c3cccc(F)c3F)ccc2c(=O)n1-c1ccc(S(=O)(=O)N2CCOCC2)cc1. The van der Waals surface area contributed by atoms with Crippen LogP contribution in [0.1, 0.15) is 41.9 Å². The minimum Gasteiger partial charge on any atom is -0.379 e. The summed E-state index contributed by atoms with van der Waals surface area (Å²) < 4.78 is 94.4. The maximum absolute atomic E-state index is 14.9. The van der Waals surface area contributed by atoms with E-state index in [0.717, 1.165) is 36.7 Å². The molecule has 3 heterocycles. The molecule has 1 aliphatic carbocycles. The Balaban J connectivity index is 1.27. The summed E-state index contributed by atoms with van der Waals surface area (Å²) in [6, 6.07) is 17.0. The smallest absolute Gasteiger partial charge is 0.266 e. The minimum absolute atomic E-state index is 0.0295. The van der Waals surface area contributed by atoms with E-state index in [1.165, 1.54) is 68.2 Å². The van der Waals surface area contributed by atoms with E-state index in [1.807, 2.05) is 6.07 Å². The summed E-state index contributed by atoms with van der Waals surface area (Å²) in [6.07, 6.45) is 3.45. The molecule has 0 radical (unpaired) electrons. The monoisotopic (exact) mass is 786 g/mol. The van der Waals surface area contributed by atoms with E-state index in [4.69, 9.17) is 9.72 Å². The number of aromatic nitrogens is 4. The Morgan fingerprint density at radius 2 is 1.64 bits per heavy atom. The zero-order valence-corrected chi connectivity index (χ0v) is 30.5. The van der Waals surface area contributed by atoms with Crippen molar-refractivity contribution in [3.05, 3.63) is 142 Å².